The first-order valence-electron chi connectivity index (χ1n) is 8.54. The number of nitrogens with zero attached hydrogens (tertiary/aromatic N) is 2. The molecule has 0 aromatic heterocycles. The molecule has 1 saturated heterocycles. The number of rotatable bonds is 4. The van der Waals surface area contributed by atoms with Gasteiger partial charge in [-0.25, -0.2) is 0 Å². The normalized spacial score (nSPS) is 17.9. The lowest BCUT2D eigenvalue weighted by atomic mass is 9.98. The molecule has 2 aromatic rings. The minimum absolute atomic E-state index is 0.174. The summed E-state index contributed by atoms with van der Waals surface area (Å²) in [4.78, 5) is 26.2. The van der Waals surface area contributed by atoms with Crippen LogP contribution in [0.3, 0.4) is 0 Å². The van der Waals surface area contributed by atoms with Crippen molar-refractivity contribution in [1.29, 1.82) is 5.26 Å². The van der Waals surface area contributed by atoms with Gasteiger partial charge >= 0.3 is 0 Å². The molecule has 0 bridgehead atoms. The van der Waals surface area contributed by atoms with Gasteiger partial charge in [-0.3, -0.25) is 9.59 Å². The minimum atomic E-state index is -0.655. The van der Waals surface area contributed by atoms with Gasteiger partial charge in [-0.15, -0.1) is 0 Å². The highest BCUT2D eigenvalue weighted by Gasteiger charge is 2.33. The van der Waals surface area contributed by atoms with Crippen LogP contribution in [0.25, 0.3) is 10.8 Å². The number of amides is 2. The van der Waals surface area contributed by atoms with Gasteiger partial charge in [-0.2, -0.15) is 5.26 Å². The molecule has 2 amide bonds. The van der Waals surface area contributed by atoms with Crippen molar-refractivity contribution in [2.45, 2.75) is 38.3 Å². The monoisotopic (exact) mass is 335 g/mol. The zero-order valence-electron chi connectivity index (χ0n) is 14.2. The Balaban J connectivity index is 1.89. The van der Waals surface area contributed by atoms with Crippen molar-refractivity contribution < 1.29 is 9.59 Å². The van der Waals surface area contributed by atoms with Crippen LogP contribution in [0, 0.1) is 11.3 Å². The van der Waals surface area contributed by atoms with Crippen LogP contribution in [0.1, 0.15) is 25.3 Å². The molecule has 0 aliphatic carbocycles. The first-order valence-corrected chi connectivity index (χ1v) is 8.54. The lowest BCUT2D eigenvalue weighted by Gasteiger charge is -2.26. The van der Waals surface area contributed by atoms with E-state index < -0.39 is 12.1 Å². The maximum atomic E-state index is 13.0. The average Bonchev–Trinajstić information content (AvgIpc) is 3.09. The van der Waals surface area contributed by atoms with Gasteiger partial charge in [0.1, 0.15) is 12.1 Å². The van der Waals surface area contributed by atoms with Crippen molar-refractivity contribution >= 4 is 22.6 Å². The SMILES string of the molecule is CC(=O)N[C@@H](Cc1cccc2ccccc12)C(=O)N1CCC[C@H]1C#N. The fourth-order valence-corrected chi connectivity index (χ4v) is 3.50. The Morgan fingerprint density at radius 1 is 1.28 bits per heavy atom. The fraction of sp³-hybridized carbons (Fsp3) is 0.350. The van der Waals surface area contributed by atoms with Gasteiger partial charge in [0.2, 0.25) is 11.8 Å². The number of nitriles is 1. The zero-order valence-corrected chi connectivity index (χ0v) is 14.2. The predicted molar refractivity (Wildman–Crippen MR) is 95.6 cm³/mol. The molecule has 1 heterocycles. The van der Waals surface area contributed by atoms with Crippen molar-refractivity contribution in [1.82, 2.24) is 10.2 Å². The molecule has 2 atom stereocenters. The molecule has 1 fully saturated rings. The van der Waals surface area contributed by atoms with Gasteiger partial charge in [-0.05, 0) is 29.2 Å². The number of fused-ring (bicyclic) bond motifs is 1. The Hall–Kier alpha value is -2.87. The second kappa shape index (κ2) is 7.35. The van der Waals surface area contributed by atoms with Gasteiger partial charge in [0.05, 0.1) is 6.07 Å². The van der Waals surface area contributed by atoms with Crippen LogP contribution in [0.5, 0.6) is 0 Å². The summed E-state index contributed by atoms with van der Waals surface area (Å²) < 4.78 is 0. The van der Waals surface area contributed by atoms with E-state index in [1.54, 1.807) is 4.90 Å². The Bertz CT molecular complexity index is 835. The molecule has 3 rings (SSSR count). The summed E-state index contributed by atoms with van der Waals surface area (Å²) in [6, 6.07) is 15.1. The third-order valence-corrected chi connectivity index (χ3v) is 4.66. The third kappa shape index (κ3) is 3.63. The van der Waals surface area contributed by atoms with Crippen molar-refractivity contribution in [2.75, 3.05) is 6.54 Å². The van der Waals surface area contributed by atoms with E-state index in [9.17, 15) is 14.9 Å². The minimum Gasteiger partial charge on any atom is -0.344 e. The molecular weight excluding hydrogens is 314 g/mol. The Labute approximate surface area is 147 Å². The van der Waals surface area contributed by atoms with Crippen molar-refractivity contribution in [2.24, 2.45) is 0 Å². The van der Waals surface area contributed by atoms with Crippen LogP contribution in [-0.2, 0) is 16.0 Å². The predicted octanol–water partition coefficient (Wildman–Crippen LogP) is 2.40. The Morgan fingerprint density at radius 3 is 2.80 bits per heavy atom. The van der Waals surface area contributed by atoms with E-state index in [1.165, 1.54) is 6.92 Å². The van der Waals surface area contributed by atoms with E-state index in [0.29, 0.717) is 19.4 Å². The van der Waals surface area contributed by atoms with Gasteiger partial charge in [-0.1, -0.05) is 42.5 Å². The molecule has 0 saturated carbocycles. The number of carbonyl (C=O) groups is 2. The van der Waals surface area contributed by atoms with Crippen LogP contribution in [-0.4, -0.2) is 35.3 Å². The quantitative estimate of drug-likeness (QED) is 0.932. The molecule has 0 spiro atoms. The first kappa shape index (κ1) is 17.0. The summed E-state index contributed by atoms with van der Waals surface area (Å²) >= 11 is 0. The third-order valence-electron chi connectivity index (χ3n) is 4.66. The Kier molecular flexibility index (Phi) is 4.99. The van der Waals surface area contributed by atoms with Crippen LogP contribution in [0.4, 0.5) is 0 Å². The summed E-state index contributed by atoms with van der Waals surface area (Å²) in [5.74, 6) is -0.418. The number of hydrogen-bond donors (Lipinski definition) is 1. The van der Waals surface area contributed by atoms with E-state index in [-0.39, 0.29) is 11.8 Å². The van der Waals surface area contributed by atoms with E-state index >= 15 is 0 Å². The van der Waals surface area contributed by atoms with Crippen LogP contribution < -0.4 is 5.32 Å². The zero-order chi connectivity index (χ0) is 17.8. The van der Waals surface area contributed by atoms with Gasteiger partial charge < -0.3 is 10.2 Å². The standard InChI is InChI=1S/C20H21N3O2/c1-14(24)22-19(20(25)23-11-5-9-17(23)13-21)12-16-8-4-7-15-6-2-3-10-18(15)16/h2-4,6-8,10,17,19H,5,9,11-12H2,1H3,(H,22,24)/t17-,19-/m0/s1. The molecule has 1 aliphatic heterocycles. The molecule has 1 aliphatic rings. The molecule has 5 nitrogen and oxygen atoms in total. The highest BCUT2D eigenvalue weighted by atomic mass is 16.2. The lowest BCUT2D eigenvalue weighted by Crippen LogP contribution is -2.50. The van der Waals surface area contributed by atoms with E-state index in [0.717, 1.165) is 22.8 Å². The van der Waals surface area contributed by atoms with Crippen LogP contribution in [0.15, 0.2) is 42.5 Å². The highest BCUT2D eigenvalue weighted by molar-refractivity contribution is 5.90. The van der Waals surface area contributed by atoms with Gasteiger partial charge in [0, 0.05) is 19.9 Å². The lowest BCUT2D eigenvalue weighted by molar-refractivity contribution is -0.136. The van der Waals surface area contributed by atoms with Crippen LogP contribution >= 0.6 is 0 Å². The van der Waals surface area contributed by atoms with Gasteiger partial charge in [0.15, 0.2) is 0 Å². The molecule has 5 heteroatoms. The largest absolute Gasteiger partial charge is 0.344 e. The van der Waals surface area contributed by atoms with Gasteiger partial charge in [0.25, 0.3) is 0 Å². The topological polar surface area (TPSA) is 73.2 Å². The van der Waals surface area contributed by atoms with E-state index in [1.807, 2.05) is 42.5 Å². The van der Waals surface area contributed by atoms with E-state index in [2.05, 4.69) is 11.4 Å². The molecule has 0 radical (unpaired) electrons. The van der Waals surface area contributed by atoms with Crippen molar-refractivity contribution in [3.63, 3.8) is 0 Å². The molecular formula is C20H21N3O2. The number of benzene rings is 2. The van der Waals surface area contributed by atoms with Crippen molar-refractivity contribution in [3.05, 3.63) is 48.0 Å². The Morgan fingerprint density at radius 2 is 2.04 bits per heavy atom. The number of likely N-dealkylation sites (tertiary alicyclic amines) is 1. The summed E-state index contributed by atoms with van der Waals surface area (Å²) in [7, 11) is 0. The van der Waals surface area contributed by atoms with Crippen molar-refractivity contribution in [3.8, 4) is 6.07 Å². The second-order valence-electron chi connectivity index (χ2n) is 6.41. The number of nitrogens with one attached hydrogen (secondary N) is 1. The molecule has 0 unspecified atom stereocenters. The summed E-state index contributed by atoms with van der Waals surface area (Å²) in [6.07, 6.45) is 1.93. The molecule has 1 N–H and O–H groups in total. The maximum Gasteiger partial charge on any atom is 0.246 e. The molecule has 25 heavy (non-hydrogen) atoms. The average molecular weight is 335 g/mol. The molecule has 128 valence electrons. The number of carbonyl (C=O) groups excluding carboxylic acids is 2. The second-order valence-corrected chi connectivity index (χ2v) is 6.41. The van der Waals surface area contributed by atoms with Crippen LogP contribution in [0.2, 0.25) is 0 Å². The fourth-order valence-electron chi connectivity index (χ4n) is 3.50. The smallest absolute Gasteiger partial charge is 0.246 e. The summed E-state index contributed by atoms with van der Waals surface area (Å²) in [5, 5.41) is 14.2. The molecule has 2 aromatic carbocycles. The van der Waals surface area contributed by atoms with E-state index in [4.69, 9.17) is 0 Å². The maximum absolute atomic E-state index is 13.0. The first-order chi connectivity index (χ1) is 12.1. The summed E-state index contributed by atoms with van der Waals surface area (Å²) in [6.45, 7) is 1.98. The summed E-state index contributed by atoms with van der Waals surface area (Å²) in [5.41, 5.74) is 1.01. The number of hydrogen-bond acceptors (Lipinski definition) is 3. The highest BCUT2D eigenvalue weighted by Crippen LogP contribution is 2.22.